The predicted octanol–water partition coefficient (Wildman–Crippen LogP) is 3.76. The van der Waals surface area contributed by atoms with Gasteiger partial charge in [0.15, 0.2) is 0 Å². The van der Waals surface area contributed by atoms with Crippen LogP contribution in [-0.2, 0) is 16.0 Å². The molecule has 98 valence electrons. The Labute approximate surface area is 111 Å². The van der Waals surface area contributed by atoms with Crippen molar-refractivity contribution in [2.24, 2.45) is 5.11 Å². The van der Waals surface area contributed by atoms with Gasteiger partial charge in [-0.15, -0.1) is 0 Å². The first kappa shape index (κ1) is 16.3. The summed E-state index contributed by atoms with van der Waals surface area (Å²) in [5.41, 5.74) is 9.27. The summed E-state index contributed by atoms with van der Waals surface area (Å²) in [4.78, 5) is 14.1. The largest absolute Gasteiger partial charge is 0.466 e. The van der Waals surface area contributed by atoms with Gasteiger partial charge in [-0.1, -0.05) is 36.3 Å². The van der Waals surface area contributed by atoms with E-state index in [4.69, 9.17) is 21.9 Å². The van der Waals surface area contributed by atoms with Crippen LogP contribution in [0.3, 0.4) is 0 Å². The zero-order chi connectivity index (χ0) is 12.7. The van der Waals surface area contributed by atoms with Crippen molar-refractivity contribution in [1.82, 2.24) is 0 Å². The maximum Gasteiger partial charge on any atom is 0.315 e. The van der Waals surface area contributed by atoms with Crippen LogP contribution in [0.15, 0.2) is 29.4 Å². The average Bonchev–Trinajstić information content (AvgIpc) is 2.31. The third kappa shape index (κ3) is 5.08. The van der Waals surface area contributed by atoms with Crippen molar-refractivity contribution in [3.05, 3.63) is 45.3 Å². The molecule has 1 atom stereocenters. The Kier molecular flexibility index (Phi) is 7.59. The lowest BCUT2D eigenvalue weighted by molar-refractivity contribution is -0.144. The molecule has 1 rings (SSSR count). The fraction of sp³-hybridized carbons (Fsp3) is 0.417. The number of carbonyl (C=O) groups excluding carboxylic acids is 1. The molecular formula is C12H16ClN3O2. The van der Waals surface area contributed by atoms with Gasteiger partial charge in [0.1, 0.15) is 6.04 Å². The second-order valence-electron chi connectivity index (χ2n) is 3.30. The van der Waals surface area contributed by atoms with Crippen LogP contribution in [0.5, 0.6) is 0 Å². The SMILES string of the molecule is C.CCOC(=O)C(Cc1ccc(Cl)cc1)N=[N+]=[N-]. The number of ether oxygens (including phenoxy) is 1. The normalized spacial score (nSPS) is 10.8. The van der Waals surface area contributed by atoms with Gasteiger partial charge in [0.2, 0.25) is 0 Å². The van der Waals surface area contributed by atoms with E-state index in [9.17, 15) is 4.79 Å². The highest BCUT2D eigenvalue weighted by molar-refractivity contribution is 6.30. The molecule has 0 aliphatic rings. The summed E-state index contributed by atoms with van der Waals surface area (Å²) in [6, 6.07) is 6.16. The number of halogens is 1. The topological polar surface area (TPSA) is 75.1 Å². The predicted molar refractivity (Wildman–Crippen MR) is 71.5 cm³/mol. The molecule has 0 aromatic heterocycles. The number of hydrogen-bond donors (Lipinski definition) is 0. The summed E-state index contributed by atoms with van der Waals surface area (Å²) < 4.78 is 4.82. The Morgan fingerprint density at radius 3 is 2.61 bits per heavy atom. The van der Waals surface area contributed by atoms with Crippen LogP contribution in [0.2, 0.25) is 5.02 Å². The molecule has 1 aromatic carbocycles. The molecule has 0 fully saturated rings. The van der Waals surface area contributed by atoms with E-state index >= 15 is 0 Å². The zero-order valence-electron chi connectivity index (χ0n) is 9.34. The Morgan fingerprint density at radius 2 is 2.11 bits per heavy atom. The molecule has 1 aromatic rings. The highest BCUT2D eigenvalue weighted by Crippen LogP contribution is 2.13. The minimum absolute atomic E-state index is 0. The molecule has 0 spiro atoms. The highest BCUT2D eigenvalue weighted by atomic mass is 35.5. The summed E-state index contributed by atoms with van der Waals surface area (Å²) >= 11 is 5.75. The summed E-state index contributed by atoms with van der Waals surface area (Å²) in [5.74, 6) is -0.514. The Balaban J connectivity index is 0.00000289. The number of hydrogen-bond acceptors (Lipinski definition) is 3. The average molecular weight is 270 g/mol. The molecule has 1 unspecified atom stereocenters. The van der Waals surface area contributed by atoms with Gasteiger partial charge in [0.25, 0.3) is 0 Å². The molecule has 0 saturated carbocycles. The number of rotatable bonds is 5. The van der Waals surface area contributed by atoms with Crippen LogP contribution >= 0.6 is 11.6 Å². The first-order valence-corrected chi connectivity index (χ1v) is 5.50. The van der Waals surface area contributed by atoms with Crippen LogP contribution in [0.1, 0.15) is 19.9 Å². The van der Waals surface area contributed by atoms with E-state index in [0.717, 1.165) is 5.56 Å². The number of carbonyl (C=O) groups is 1. The van der Waals surface area contributed by atoms with Gasteiger partial charge >= 0.3 is 5.97 Å². The summed E-state index contributed by atoms with van der Waals surface area (Å²) in [7, 11) is 0. The molecule has 6 heteroatoms. The Bertz CT molecular complexity index is 427. The lowest BCUT2D eigenvalue weighted by Crippen LogP contribution is -2.23. The molecule has 0 amide bonds. The second-order valence-corrected chi connectivity index (χ2v) is 3.74. The van der Waals surface area contributed by atoms with Crippen LogP contribution in [0.4, 0.5) is 0 Å². The minimum atomic E-state index is -0.832. The lowest BCUT2D eigenvalue weighted by Gasteiger charge is -2.09. The fourth-order valence-corrected chi connectivity index (χ4v) is 1.44. The molecule has 0 radical (unpaired) electrons. The molecule has 0 aliphatic carbocycles. The third-order valence-corrected chi connectivity index (χ3v) is 2.34. The van der Waals surface area contributed by atoms with Crippen molar-refractivity contribution < 1.29 is 9.53 Å². The van der Waals surface area contributed by atoms with Crippen LogP contribution in [-0.4, -0.2) is 18.6 Å². The van der Waals surface area contributed by atoms with Crippen LogP contribution in [0, 0.1) is 0 Å². The van der Waals surface area contributed by atoms with Gasteiger partial charge in [-0.25, -0.2) is 0 Å². The molecule has 0 aliphatic heterocycles. The molecule has 18 heavy (non-hydrogen) atoms. The first-order valence-electron chi connectivity index (χ1n) is 5.12. The van der Waals surface area contributed by atoms with Gasteiger partial charge in [-0.2, -0.15) is 0 Å². The van der Waals surface area contributed by atoms with Gasteiger partial charge < -0.3 is 4.74 Å². The van der Waals surface area contributed by atoms with Crippen LogP contribution < -0.4 is 0 Å². The monoisotopic (exact) mass is 269 g/mol. The maximum atomic E-state index is 11.5. The van der Waals surface area contributed by atoms with E-state index in [-0.39, 0.29) is 14.0 Å². The quantitative estimate of drug-likeness (QED) is 0.353. The summed E-state index contributed by atoms with van der Waals surface area (Å²) in [5, 5.41) is 4.05. The van der Waals surface area contributed by atoms with Crippen LogP contribution in [0.25, 0.3) is 10.4 Å². The van der Waals surface area contributed by atoms with Gasteiger partial charge in [-0.3, -0.25) is 4.79 Å². The van der Waals surface area contributed by atoms with E-state index in [1.165, 1.54) is 0 Å². The van der Waals surface area contributed by atoms with Crippen molar-refractivity contribution in [3.63, 3.8) is 0 Å². The second kappa shape index (κ2) is 8.39. The van der Waals surface area contributed by atoms with E-state index in [0.29, 0.717) is 11.4 Å². The van der Waals surface area contributed by atoms with E-state index in [1.54, 1.807) is 31.2 Å². The van der Waals surface area contributed by atoms with E-state index < -0.39 is 12.0 Å². The molecule has 0 saturated heterocycles. The lowest BCUT2D eigenvalue weighted by atomic mass is 10.1. The summed E-state index contributed by atoms with van der Waals surface area (Å²) in [6.07, 6.45) is 0.306. The van der Waals surface area contributed by atoms with Crippen molar-refractivity contribution in [1.29, 1.82) is 0 Å². The first-order chi connectivity index (χ1) is 8.17. The van der Waals surface area contributed by atoms with Crippen molar-refractivity contribution >= 4 is 17.6 Å². The molecule has 0 bridgehead atoms. The Morgan fingerprint density at radius 1 is 1.50 bits per heavy atom. The smallest absolute Gasteiger partial charge is 0.315 e. The van der Waals surface area contributed by atoms with Gasteiger partial charge in [0.05, 0.1) is 6.61 Å². The van der Waals surface area contributed by atoms with Gasteiger partial charge in [0, 0.05) is 9.93 Å². The third-order valence-electron chi connectivity index (χ3n) is 2.09. The highest BCUT2D eigenvalue weighted by Gasteiger charge is 2.18. The fourth-order valence-electron chi connectivity index (χ4n) is 1.32. The summed E-state index contributed by atoms with van der Waals surface area (Å²) in [6.45, 7) is 1.96. The number of nitrogens with zero attached hydrogens (tertiary/aromatic N) is 3. The van der Waals surface area contributed by atoms with E-state index in [1.807, 2.05) is 0 Å². The molecule has 0 heterocycles. The van der Waals surface area contributed by atoms with Crippen molar-refractivity contribution in [3.8, 4) is 0 Å². The molecule has 0 N–H and O–H groups in total. The number of benzene rings is 1. The number of esters is 1. The van der Waals surface area contributed by atoms with Crippen molar-refractivity contribution in [2.75, 3.05) is 6.61 Å². The van der Waals surface area contributed by atoms with Gasteiger partial charge in [-0.05, 0) is 36.6 Å². The Hall–Kier alpha value is -1.71. The number of azide groups is 1. The molecular weight excluding hydrogens is 254 g/mol. The van der Waals surface area contributed by atoms with Crippen molar-refractivity contribution in [2.45, 2.75) is 26.8 Å². The molecule has 5 nitrogen and oxygen atoms in total. The minimum Gasteiger partial charge on any atom is -0.466 e. The van der Waals surface area contributed by atoms with E-state index in [2.05, 4.69) is 10.0 Å². The standard InChI is InChI=1S/C11H12ClN3O2.CH4/c1-2-17-11(16)10(14-15-13)7-8-3-5-9(12)6-4-8;/h3-6,10H,2,7H2,1H3;1H4. The maximum absolute atomic E-state index is 11.5. The zero-order valence-corrected chi connectivity index (χ0v) is 10.1.